The molecule has 2 aromatic carbocycles. The Morgan fingerprint density at radius 1 is 1.12 bits per heavy atom. The van der Waals surface area contributed by atoms with Crippen LogP contribution in [0.25, 0.3) is 11.0 Å². The molecule has 0 radical (unpaired) electrons. The Balaban J connectivity index is 1.61. The summed E-state index contributed by atoms with van der Waals surface area (Å²) >= 11 is 0. The number of H-pyrrole nitrogens is 1. The molecule has 7 nitrogen and oxygen atoms in total. The van der Waals surface area contributed by atoms with Crippen molar-refractivity contribution in [2.24, 2.45) is 0 Å². The molecule has 0 fully saturated rings. The van der Waals surface area contributed by atoms with E-state index in [0.717, 1.165) is 28.2 Å². The van der Waals surface area contributed by atoms with Crippen molar-refractivity contribution in [1.82, 2.24) is 9.97 Å². The van der Waals surface area contributed by atoms with Gasteiger partial charge < -0.3 is 25.1 Å². The van der Waals surface area contributed by atoms with Crippen LogP contribution in [0.15, 0.2) is 36.4 Å². The first-order valence-corrected chi connectivity index (χ1v) is 7.61. The molecule has 24 heavy (non-hydrogen) atoms. The smallest absolute Gasteiger partial charge is 0.221 e. The third kappa shape index (κ3) is 2.83. The molecule has 0 unspecified atom stereocenters. The first kappa shape index (κ1) is 14.4. The molecule has 122 valence electrons. The van der Waals surface area contributed by atoms with Crippen LogP contribution in [0.1, 0.15) is 6.92 Å². The van der Waals surface area contributed by atoms with E-state index < -0.39 is 0 Å². The number of benzene rings is 2. The van der Waals surface area contributed by atoms with Gasteiger partial charge in [0.25, 0.3) is 0 Å². The fourth-order valence-electron chi connectivity index (χ4n) is 2.62. The monoisotopic (exact) mass is 324 g/mol. The number of hydrogen-bond donors (Lipinski definition) is 3. The van der Waals surface area contributed by atoms with E-state index in [1.54, 1.807) is 0 Å². The van der Waals surface area contributed by atoms with Gasteiger partial charge in [0.1, 0.15) is 13.2 Å². The molecule has 0 bridgehead atoms. The number of nitrogens with one attached hydrogen (secondary N) is 3. The van der Waals surface area contributed by atoms with Crippen molar-refractivity contribution >= 4 is 34.3 Å². The largest absolute Gasteiger partial charge is 0.486 e. The number of carbonyl (C=O) groups excluding carboxylic acids is 1. The average molecular weight is 324 g/mol. The SMILES string of the molecule is CC(=O)Nc1cccc(Nc2nc3cc4c(cc3[nH]2)OCCO4)c1. The fourth-order valence-corrected chi connectivity index (χ4v) is 2.62. The molecule has 2 heterocycles. The molecule has 0 atom stereocenters. The Labute approximate surface area is 138 Å². The molecule has 0 spiro atoms. The van der Waals surface area contributed by atoms with E-state index in [-0.39, 0.29) is 5.91 Å². The number of fused-ring (bicyclic) bond motifs is 2. The van der Waals surface area contributed by atoms with Crippen LogP contribution in [0.4, 0.5) is 17.3 Å². The first-order chi connectivity index (χ1) is 11.7. The van der Waals surface area contributed by atoms with Gasteiger partial charge in [0.05, 0.1) is 11.0 Å². The minimum atomic E-state index is -0.110. The molecule has 0 saturated heterocycles. The van der Waals surface area contributed by atoms with Crippen molar-refractivity contribution in [2.45, 2.75) is 6.92 Å². The molecule has 3 aromatic rings. The predicted octanol–water partition coefficient (Wildman–Crippen LogP) is 3.04. The number of amides is 1. The average Bonchev–Trinajstić information content (AvgIpc) is 2.93. The Morgan fingerprint density at radius 3 is 2.67 bits per heavy atom. The number of carbonyl (C=O) groups is 1. The van der Waals surface area contributed by atoms with Crippen LogP contribution in [0.3, 0.4) is 0 Å². The molecule has 7 heteroatoms. The van der Waals surface area contributed by atoms with Gasteiger partial charge in [0.15, 0.2) is 11.5 Å². The highest BCUT2D eigenvalue weighted by Gasteiger charge is 2.15. The van der Waals surface area contributed by atoms with Crippen LogP contribution in [0.5, 0.6) is 11.5 Å². The number of ether oxygens (including phenoxy) is 2. The molecule has 3 N–H and O–H groups in total. The summed E-state index contributed by atoms with van der Waals surface area (Å²) in [5.74, 6) is 1.92. The molecule has 1 aromatic heterocycles. The third-order valence-corrected chi connectivity index (χ3v) is 3.59. The number of hydrogen-bond acceptors (Lipinski definition) is 5. The minimum Gasteiger partial charge on any atom is -0.486 e. The van der Waals surface area contributed by atoms with E-state index in [1.165, 1.54) is 6.92 Å². The number of aromatic amines is 1. The highest BCUT2D eigenvalue weighted by atomic mass is 16.6. The van der Waals surface area contributed by atoms with E-state index in [2.05, 4.69) is 20.6 Å². The summed E-state index contributed by atoms with van der Waals surface area (Å²) < 4.78 is 11.2. The lowest BCUT2D eigenvalue weighted by Gasteiger charge is -2.17. The second-order valence-electron chi connectivity index (χ2n) is 5.49. The number of nitrogens with zero attached hydrogens (tertiary/aromatic N) is 1. The van der Waals surface area contributed by atoms with E-state index in [1.807, 2.05) is 36.4 Å². The number of anilines is 3. The second-order valence-corrected chi connectivity index (χ2v) is 5.49. The Hall–Kier alpha value is -3.22. The van der Waals surface area contributed by atoms with Gasteiger partial charge in [-0.2, -0.15) is 0 Å². The van der Waals surface area contributed by atoms with Gasteiger partial charge in [-0.05, 0) is 18.2 Å². The summed E-state index contributed by atoms with van der Waals surface area (Å²) in [6.45, 7) is 2.57. The zero-order valence-electron chi connectivity index (χ0n) is 13.1. The Morgan fingerprint density at radius 2 is 1.88 bits per heavy atom. The molecule has 1 amide bonds. The van der Waals surface area contributed by atoms with Gasteiger partial charge in [0, 0.05) is 30.4 Å². The maximum absolute atomic E-state index is 11.2. The third-order valence-electron chi connectivity index (χ3n) is 3.59. The quantitative estimate of drug-likeness (QED) is 0.689. The van der Waals surface area contributed by atoms with Crippen molar-refractivity contribution in [1.29, 1.82) is 0 Å². The zero-order valence-corrected chi connectivity index (χ0v) is 13.1. The van der Waals surface area contributed by atoms with Gasteiger partial charge in [-0.25, -0.2) is 4.98 Å². The topological polar surface area (TPSA) is 88.3 Å². The summed E-state index contributed by atoms with van der Waals surface area (Å²) in [5.41, 5.74) is 3.19. The van der Waals surface area contributed by atoms with Crippen LogP contribution >= 0.6 is 0 Å². The lowest BCUT2D eigenvalue weighted by Crippen LogP contribution is -2.15. The second kappa shape index (κ2) is 5.77. The molecule has 1 aliphatic heterocycles. The van der Waals surface area contributed by atoms with Crippen molar-refractivity contribution in [3.05, 3.63) is 36.4 Å². The van der Waals surface area contributed by atoms with E-state index >= 15 is 0 Å². The summed E-state index contributed by atoms with van der Waals surface area (Å²) in [6.07, 6.45) is 0. The van der Waals surface area contributed by atoms with Crippen molar-refractivity contribution in [2.75, 3.05) is 23.8 Å². The maximum atomic E-state index is 11.2. The van der Waals surface area contributed by atoms with Crippen LogP contribution in [0.2, 0.25) is 0 Å². The zero-order chi connectivity index (χ0) is 16.5. The molecule has 4 rings (SSSR count). The molecule has 0 saturated carbocycles. The van der Waals surface area contributed by atoms with Gasteiger partial charge in [-0.15, -0.1) is 0 Å². The number of imidazole rings is 1. The highest BCUT2D eigenvalue weighted by Crippen LogP contribution is 2.34. The lowest BCUT2D eigenvalue weighted by atomic mass is 10.2. The standard InChI is InChI=1S/C17H16N4O3/c1-10(22)18-11-3-2-4-12(7-11)19-17-20-13-8-15-16(9-14(13)21-17)24-6-5-23-15/h2-4,7-9H,5-6H2,1H3,(H,18,22)(H2,19,20,21). The van der Waals surface area contributed by atoms with Crippen molar-refractivity contribution in [3.63, 3.8) is 0 Å². The van der Waals surface area contributed by atoms with Crippen LogP contribution in [-0.4, -0.2) is 29.1 Å². The van der Waals surface area contributed by atoms with Gasteiger partial charge in [-0.3, -0.25) is 4.79 Å². The van der Waals surface area contributed by atoms with E-state index in [9.17, 15) is 4.79 Å². The van der Waals surface area contributed by atoms with Crippen molar-refractivity contribution in [3.8, 4) is 11.5 Å². The molecular formula is C17H16N4O3. The Bertz CT molecular complexity index is 876. The fraction of sp³-hybridized carbons (Fsp3) is 0.176. The van der Waals surface area contributed by atoms with Crippen molar-refractivity contribution < 1.29 is 14.3 Å². The van der Waals surface area contributed by atoms with E-state index in [0.29, 0.717) is 24.9 Å². The van der Waals surface area contributed by atoms with E-state index in [4.69, 9.17) is 9.47 Å². The lowest BCUT2D eigenvalue weighted by molar-refractivity contribution is -0.114. The first-order valence-electron chi connectivity index (χ1n) is 7.61. The van der Waals surface area contributed by atoms with Gasteiger partial charge in [-0.1, -0.05) is 6.07 Å². The molecular weight excluding hydrogens is 308 g/mol. The number of rotatable bonds is 3. The molecule has 0 aliphatic carbocycles. The van der Waals surface area contributed by atoms with Crippen LogP contribution in [0, 0.1) is 0 Å². The summed E-state index contributed by atoms with van der Waals surface area (Å²) in [6, 6.07) is 11.2. The predicted molar refractivity (Wildman–Crippen MR) is 91.1 cm³/mol. The highest BCUT2D eigenvalue weighted by molar-refractivity contribution is 5.89. The summed E-state index contributed by atoms with van der Waals surface area (Å²) in [4.78, 5) is 18.9. The van der Waals surface area contributed by atoms with Crippen LogP contribution < -0.4 is 20.1 Å². The van der Waals surface area contributed by atoms with Crippen LogP contribution in [-0.2, 0) is 4.79 Å². The van der Waals surface area contributed by atoms with Gasteiger partial charge >= 0.3 is 0 Å². The minimum absolute atomic E-state index is 0.110. The Kier molecular flexibility index (Phi) is 3.45. The summed E-state index contributed by atoms with van der Waals surface area (Å²) in [5, 5.41) is 5.95. The number of aromatic nitrogens is 2. The maximum Gasteiger partial charge on any atom is 0.221 e. The summed E-state index contributed by atoms with van der Waals surface area (Å²) in [7, 11) is 0. The van der Waals surface area contributed by atoms with Gasteiger partial charge in [0.2, 0.25) is 11.9 Å². The molecule has 1 aliphatic rings. The normalized spacial score (nSPS) is 12.9.